The normalized spacial score (nSPS) is 17.8. The van der Waals surface area contributed by atoms with E-state index in [-0.39, 0.29) is 6.04 Å². The van der Waals surface area contributed by atoms with E-state index in [2.05, 4.69) is 10.5 Å². The molecule has 2 rings (SSSR count). The van der Waals surface area contributed by atoms with Crippen LogP contribution in [0.25, 0.3) is 0 Å². The third kappa shape index (κ3) is 2.10. The Hall–Kier alpha value is -1.33. The van der Waals surface area contributed by atoms with E-state index in [0.29, 0.717) is 0 Å². The number of hydrogen-bond acceptors (Lipinski definition) is 4. The van der Waals surface area contributed by atoms with Gasteiger partial charge in [-0.25, -0.2) is 5.43 Å². The summed E-state index contributed by atoms with van der Waals surface area (Å²) in [6, 6.07) is 2.03. The van der Waals surface area contributed by atoms with E-state index in [9.17, 15) is 0 Å². The van der Waals surface area contributed by atoms with Crippen molar-refractivity contribution < 1.29 is 4.74 Å². The van der Waals surface area contributed by atoms with Gasteiger partial charge in [-0.3, -0.25) is 10.5 Å². The Kier molecular flexibility index (Phi) is 3.26. The molecule has 0 amide bonds. The molecule has 1 aliphatic heterocycles. The lowest BCUT2D eigenvalue weighted by Gasteiger charge is -2.22. The molecule has 1 atom stereocenters. The van der Waals surface area contributed by atoms with Crippen molar-refractivity contribution in [2.75, 3.05) is 6.61 Å². The first kappa shape index (κ1) is 11.2. The van der Waals surface area contributed by atoms with Crippen molar-refractivity contribution in [3.05, 3.63) is 29.3 Å². The minimum atomic E-state index is -0.00787. The van der Waals surface area contributed by atoms with Gasteiger partial charge in [0.1, 0.15) is 0 Å². The van der Waals surface area contributed by atoms with E-state index in [1.165, 1.54) is 5.57 Å². The SMILES string of the molecule is Cc1cc(C(NN)C2=COCCC2)n(C)n1. The number of nitrogens with one attached hydrogen (secondary N) is 1. The maximum absolute atomic E-state index is 5.63. The summed E-state index contributed by atoms with van der Waals surface area (Å²) < 4.78 is 7.20. The molecule has 0 bridgehead atoms. The van der Waals surface area contributed by atoms with Crippen LogP contribution in [0.1, 0.15) is 30.3 Å². The zero-order valence-corrected chi connectivity index (χ0v) is 9.73. The molecule has 2 heterocycles. The summed E-state index contributed by atoms with van der Waals surface area (Å²) >= 11 is 0. The predicted octanol–water partition coefficient (Wildman–Crippen LogP) is 0.927. The van der Waals surface area contributed by atoms with E-state index in [4.69, 9.17) is 10.6 Å². The summed E-state index contributed by atoms with van der Waals surface area (Å²) in [6.45, 7) is 2.77. The molecule has 0 spiro atoms. The van der Waals surface area contributed by atoms with Crippen molar-refractivity contribution in [2.45, 2.75) is 25.8 Å². The molecule has 88 valence electrons. The molecule has 3 N–H and O–H groups in total. The van der Waals surface area contributed by atoms with E-state index in [1.54, 1.807) is 0 Å². The fourth-order valence-corrected chi connectivity index (χ4v) is 2.08. The van der Waals surface area contributed by atoms with Crippen molar-refractivity contribution in [3.8, 4) is 0 Å². The fourth-order valence-electron chi connectivity index (χ4n) is 2.08. The molecule has 0 aromatic carbocycles. The summed E-state index contributed by atoms with van der Waals surface area (Å²) in [7, 11) is 1.93. The van der Waals surface area contributed by atoms with Crippen LogP contribution in [0.2, 0.25) is 0 Å². The lowest BCUT2D eigenvalue weighted by Crippen LogP contribution is -2.31. The molecular formula is C11H18N4O. The van der Waals surface area contributed by atoms with Gasteiger partial charge < -0.3 is 4.74 Å². The second kappa shape index (κ2) is 4.67. The molecule has 0 saturated carbocycles. The lowest BCUT2D eigenvalue weighted by molar-refractivity contribution is 0.219. The Morgan fingerprint density at radius 2 is 2.44 bits per heavy atom. The monoisotopic (exact) mass is 222 g/mol. The van der Waals surface area contributed by atoms with Crippen LogP contribution in [-0.2, 0) is 11.8 Å². The average Bonchev–Trinajstić information content (AvgIpc) is 2.61. The number of hydrogen-bond donors (Lipinski definition) is 2. The molecule has 0 aliphatic carbocycles. The Bertz CT molecular complexity index is 397. The number of ether oxygens (including phenoxy) is 1. The predicted molar refractivity (Wildman–Crippen MR) is 61.3 cm³/mol. The van der Waals surface area contributed by atoms with Crippen LogP contribution >= 0.6 is 0 Å². The Morgan fingerprint density at radius 3 is 2.94 bits per heavy atom. The van der Waals surface area contributed by atoms with Crippen LogP contribution in [0.15, 0.2) is 17.9 Å². The quantitative estimate of drug-likeness (QED) is 0.590. The topological polar surface area (TPSA) is 65.1 Å². The number of aryl methyl sites for hydroxylation is 2. The fraction of sp³-hybridized carbons (Fsp3) is 0.545. The third-order valence-corrected chi connectivity index (χ3v) is 2.83. The van der Waals surface area contributed by atoms with Gasteiger partial charge in [0, 0.05) is 7.05 Å². The molecule has 5 nitrogen and oxygen atoms in total. The number of aromatic nitrogens is 2. The molecule has 1 aromatic heterocycles. The summed E-state index contributed by atoms with van der Waals surface area (Å²) in [5.74, 6) is 5.63. The van der Waals surface area contributed by atoms with E-state index >= 15 is 0 Å². The lowest BCUT2D eigenvalue weighted by atomic mass is 9.99. The minimum absolute atomic E-state index is 0.00787. The zero-order chi connectivity index (χ0) is 11.5. The van der Waals surface area contributed by atoms with E-state index in [1.807, 2.05) is 31.0 Å². The number of nitrogens with zero attached hydrogens (tertiary/aromatic N) is 2. The molecule has 5 heteroatoms. The molecule has 0 saturated heterocycles. The van der Waals surface area contributed by atoms with Gasteiger partial charge in [0.05, 0.1) is 30.3 Å². The van der Waals surface area contributed by atoms with Gasteiger partial charge in [-0.05, 0) is 31.4 Å². The van der Waals surface area contributed by atoms with E-state index < -0.39 is 0 Å². The number of rotatable bonds is 3. The summed E-state index contributed by atoms with van der Waals surface area (Å²) in [5, 5.41) is 4.33. The summed E-state index contributed by atoms with van der Waals surface area (Å²) in [6.07, 6.45) is 3.87. The smallest absolute Gasteiger partial charge is 0.0876 e. The Balaban J connectivity index is 2.28. The van der Waals surface area contributed by atoms with Gasteiger partial charge in [-0.1, -0.05) is 0 Å². The van der Waals surface area contributed by atoms with E-state index in [0.717, 1.165) is 30.8 Å². The van der Waals surface area contributed by atoms with Crippen LogP contribution < -0.4 is 11.3 Å². The van der Waals surface area contributed by atoms with Crippen LogP contribution in [-0.4, -0.2) is 16.4 Å². The zero-order valence-electron chi connectivity index (χ0n) is 9.73. The first-order valence-electron chi connectivity index (χ1n) is 5.49. The van der Waals surface area contributed by atoms with Crippen molar-refractivity contribution in [2.24, 2.45) is 12.9 Å². The van der Waals surface area contributed by atoms with Crippen LogP contribution in [0.5, 0.6) is 0 Å². The number of hydrazine groups is 1. The molecule has 0 fully saturated rings. The highest BCUT2D eigenvalue weighted by Gasteiger charge is 2.21. The maximum atomic E-state index is 5.63. The maximum Gasteiger partial charge on any atom is 0.0876 e. The van der Waals surface area contributed by atoms with Crippen LogP contribution in [0.4, 0.5) is 0 Å². The Labute approximate surface area is 95.2 Å². The molecular weight excluding hydrogens is 204 g/mol. The van der Waals surface area contributed by atoms with Crippen molar-refractivity contribution in [1.82, 2.24) is 15.2 Å². The minimum Gasteiger partial charge on any atom is -0.501 e. The first-order valence-corrected chi connectivity index (χ1v) is 5.49. The molecule has 0 radical (unpaired) electrons. The molecule has 1 unspecified atom stereocenters. The third-order valence-electron chi connectivity index (χ3n) is 2.83. The molecule has 1 aliphatic rings. The standard InChI is InChI=1S/C11H18N4O/c1-8-6-10(15(2)14-8)11(13-12)9-4-3-5-16-7-9/h6-7,11,13H,3-5,12H2,1-2H3. The Morgan fingerprint density at radius 1 is 1.62 bits per heavy atom. The van der Waals surface area contributed by atoms with Gasteiger partial charge >= 0.3 is 0 Å². The van der Waals surface area contributed by atoms with Crippen molar-refractivity contribution >= 4 is 0 Å². The second-order valence-electron chi connectivity index (χ2n) is 4.10. The molecule has 16 heavy (non-hydrogen) atoms. The highest BCUT2D eigenvalue weighted by molar-refractivity contribution is 5.23. The molecule has 1 aromatic rings. The van der Waals surface area contributed by atoms with Crippen molar-refractivity contribution in [1.29, 1.82) is 0 Å². The van der Waals surface area contributed by atoms with Crippen LogP contribution in [0.3, 0.4) is 0 Å². The first-order chi connectivity index (χ1) is 7.72. The number of nitrogens with two attached hydrogens (primary N) is 1. The van der Waals surface area contributed by atoms with Gasteiger partial charge in [-0.2, -0.15) is 5.10 Å². The van der Waals surface area contributed by atoms with Crippen LogP contribution in [0, 0.1) is 6.92 Å². The van der Waals surface area contributed by atoms with Gasteiger partial charge in [-0.15, -0.1) is 0 Å². The highest BCUT2D eigenvalue weighted by Crippen LogP contribution is 2.26. The van der Waals surface area contributed by atoms with Gasteiger partial charge in [0.25, 0.3) is 0 Å². The van der Waals surface area contributed by atoms with Gasteiger partial charge in [0.2, 0.25) is 0 Å². The second-order valence-corrected chi connectivity index (χ2v) is 4.10. The van der Waals surface area contributed by atoms with Crippen molar-refractivity contribution in [3.63, 3.8) is 0 Å². The summed E-state index contributed by atoms with van der Waals surface area (Å²) in [4.78, 5) is 0. The highest BCUT2D eigenvalue weighted by atomic mass is 16.5. The summed E-state index contributed by atoms with van der Waals surface area (Å²) in [5.41, 5.74) is 6.07. The average molecular weight is 222 g/mol. The largest absolute Gasteiger partial charge is 0.501 e. The van der Waals surface area contributed by atoms with Gasteiger partial charge in [0.15, 0.2) is 0 Å².